The highest BCUT2D eigenvalue weighted by Crippen LogP contribution is 2.18. The summed E-state index contributed by atoms with van der Waals surface area (Å²) in [6.45, 7) is 3.98. The van der Waals surface area contributed by atoms with Crippen LogP contribution < -0.4 is 0 Å². The number of likely N-dealkylation sites (N-methyl/N-ethyl adjacent to an activating group) is 1. The second kappa shape index (κ2) is 2.48. The molecular weight excluding hydrogens is 130 g/mol. The second-order valence-corrected chi connectivity index (χ2v) is 2.68. The zero-order valence-corrected chi connectivity index (χ0v) is 6.63. The van der Waals surface area contributed by atoms with Crippen LogP contribution in [0.3, 0.4) is 0 Å². The van der Waals surface area contributed by atoms with E-state index in [9.17, 15) is 4.79 Å². The standard InChI is InChI=1S/C7H13NO2/c1-4-6-5(2)10-7(9)8(6)3/h5-6H,4H2,1-3H3. The highest BCUT2D eigenvalue weighted by Gasteiger charge is 2.34. The fourth-order valence-corrected chi connectivity index (χ4v) is 1.38. The van der Waals surface area contributed by atoms with Gasteiger partial charge in [0.25, 0.3) is 0 Å². The SMILES string of the molecule is CCC1C(C)OC(=O)N1C. The van der Waals surface area contributed by atoms with E-state index in [1.54, 1.807) is 11.9 Å². The Hall–Kier alpha value is -0.730. The van der Waals surface area contributed by atoms with E-state index in [0.29, 0.717) is 0 Å². The number of carbonyl (C=O) groups excluding carboxylic acids is 1. The first-order valence-electron chi connectivity index (χ1n) is 3.60. The van der Waals surface area contributed by atoms with Crippen LogP contribution in [0.2, 0.25) is 0 Å². The normalized spacial score (nSPS) is 32.7. The zero-order valence-electron chi connectivity index (χ0n) is 6.63. The fourth-order valence-electron chi connectivity index (χ4n) is 1.38. The van der Waals surface area contributed by atoms with Crippen LogP contribution in [0.15, 0.2) is 0 Å². The van der Waals surface area contributed by atoms with Crippen LogP contribution >= 0.6 is 0 Å². The number of nitrogens with zero attached hydrogens (tertiary/aromatic N) is 1. The number of amides is 1. The summed E-state index contributed by atoms with van der Waals surface area (Å²) in [4.78, 5) is 12.5. The van der Waals surface area contributed by atoms with E-state index in [1.165, 1.54) is 0 Å². The third kappa shape index (κ3) is 0.958. The van der Waals surface area contributed by atoms with Gasteiger partial charge in [0.05, 0.1) is 6.04 Å². The van der Waals surface area contributed by atoms with Crippen LogP contribution in [0.4, 0.5) is 4.79 Å². The van der Waals surface area contributed by atoms with Crippen LogP contribution in [0.5, 0.6) is 0 Å². The minimum Gasteiger partial charge on any atom is -0.444 e. The molecule has 0 aromatic rings. The molecule has 1 saturated heterocycles. The maximum Gasteiger partial charge on any atom is 0.410 e. The van der Waals surface area contributed by atoms with Crippen molar-refractivity contribution in [2.75, 3.05) is 7.05 Å². The minimum absolute atomic E-state index is 0.0579. The van der Waals surface area contributed by atoms with Gasteiger partial charge in [-0.05, 0) is 13.3 Å². The lowest BCUT2D eigenvalue weighted by molar-refractivity contribution is 0.138. The number of rotatable bonds is 1. The lowest BCUT2D eigenvalue weighted by Crippen LogP contribution is -2.31. The molecule has 0 saturated carbocycles. The van der Waals surface area contributed by atoms with Crippen molar-refractivity contribution in [1.82, 2.24) is 4.90 Å². The Morgan fingerprint density at radius 2 is 2.30 bits per heavy atom. The van der Waals surface area contributed by atoms with Crippen LogP contribution in [0.25, 0.3) is 0 Å². The topological polar surface area (TPSA) is 29.5 Å². The predicted octanol–water partition coefficient (Wildman–Crippen LogP) is 1.24. The smallest absolute Gasteiger partial charge is 0.410 e. The van der Waals surface area contributed by atoms with E-state index < -0.39 is 0 Å². The van der Waals surface area contributed by atoms with E-state index in [0.717, 1.165) is 6.42 Å². The lowest BCUT2D eigenvalue weighted by atomic mass is 10.1. The van der Waals surface area contributed by atoms with Gasteiger partial charge in [0.15, 0.2) is 0 Å². The Labute approximate surface area is 61.0 Å². The van der Waals surface area contributed by atoms with Gasteiger partial charge in [-0.2, -0.15) is 0 Å². The molecule has 1 aliphatic rings. The number of ether oxygens (including phenoxy) is 1. The van der Waals surface area contributed by atoms with Crippen molar-refractivity contribution >= 4 is 6.09 Å². The van der Waals surface area contributed by atoms with Crippen LogP contribution in [0.1, 0.15) is 20.3 Å². The molecule has 2 unspecified atom stereocenters. The van der Waals surface area contributed by atoms with Crippen molar-refractivity contribution in [3.05, 3.63) is 0 Å². The lowest BCUT2D eigenvalue weighted by Gasteiger charge is -2.15. The largest absolute Gasteiger partial charge is 0.444 e. The molecule has 1 amide bonds. The highest BCUT2D eigenvalue weighted by molar-refractivity contribution is 5.70. The first kappa shape index (κ1) is 7.38. The number of cyclic esters (lactones) is 1. The summed E-state index contributed by atoms with van der Waals surface area (Å²) < 4.78 is 4.96. The van der Waals surface area contributed by atoms with Crippen LogP contribution in [-0.4, -0.2) is 30.2 Å². The molecule has 3 heteroatoms. The molecule has 2 atom stereocenters. The summed E-state index contributed by atoms with van der Waals surface area (Å²) in [6.07, 6.45) is 0.825. The molecule has 1 heterocycles. The van der Waals surface area contributed by atoms with E-state index in [2.05, 4.69) is 6.92 Å². The number of hydrogen-bond acceptors (Lipinski definition) is 2. The summed E-state index contributed by atoms with van der Waals surface area (Å²) in [5, 5.41) is 0. The van der Waals surface area contributed by atoms with Gasteiger partial charge in [-0.1, -0.05) is 6.92 Å². The average molecular weight is 143 g/mol. The summed E-state index contributed by atoms with van der Waals surface area (Å²) >= 11 is 0. The van der Waals surface area contributed by atoms with E-state index in [4.69, 9.17) is 4.74 Å². The summed E-state index contributed by atoms with van der Waals surface area (Å²) in [7, 11) is 1.78. The third-order valence-corrected chi connectivity index (χ3v) is 2.03. The van der Waals surface area contributed by atoms with Crippen molar-refractivity contribution in [1.29, 1.82) is 0 Å². The maximum atomic E-state index is 10.9. The van der Waals surface area contributed by atoms with Gasteiger partial charge < -0.3 is 9.64 Å². The van der Waals surface area contributed by atoms with Crippen molar-refractivity contribution in [3.63, 3.8) is 0 Å². The highest BCUT2D eigenvalue weighted by atomic mass is 16.6. The fraction of sp³-hybridized carbons (Fsp3) is 0.857. The third-order valence-electron chi connectivity index (χ3n) is 2.03. The Morgan fingerprint density at radius 3 is 2.50 bits per heavy atom. The van der Waals surface area contributed by atoms with E-state index in [1.807, 2.05) is 6.92 Å². The van der Waals surface area contributed by atoms with Crippen LogP contribution in [0, 0.1) is 0 Å². The van der Waals surface area contributed by atoms with Gasteiger partial charge >= 0.3 is 6.09 Å². The molecule has 1 rings (SSSR count). The molecular formula is C7H13NO2. The van der Waals surface area contributed by atoms with Crippen molar-refractivity contribution in [2.45, 2.75) is 32.4 Å². The molecule has 3 nitrogen and oxygen atoms in total. The molecule has 0 aromatic heterocycles. The van der Waals surface area contributed by atoms with Gasteiger partial charge in [-0.15, -0.1) is 0 Å². The molecule has 0 radical (unpaired) electrons. The van der Waals surface area contributed by atoms with Crippen molar-refractivity contribution in [2.24, 2.45) is 0 Å². The van der Waals surface area contributed by atoms with Gasteiger partial charge in [0.1, 0.15) is 6.10 Å². The summed E-state index contributed by atoms with van der Waals surface area (Å²) in [5.74, 6) is 0. The van der Waals surface area contributed by atoms with Crippen molar-refractivity contribution < 1.29 is 9.53 Å². The molecule has 0 aliphatic carbocycles. The summed E-state index contributed by atoms with van der Waals surface area (Å²) in [6, 6.07) is 0.271. The van der Waals surface area contributed by atoms with Crippen LogP contribution in [-0.2, 0) is 4.74 Å². The molecule has 1 aliphatic heterocycles. The first-order valence-corrected chi connectivity index (χ1v) is 3.60. The zero-order chi connectivity index (χ0) is 7.72. The average Bonchev–Trinajstić information content (AvgIpc) is 2.09. The second-order valence-electron chi connectivity index (χ2n) is 2.68. The monoisotopic (exact) mass is 143 g/mol. The molecule has 0 bridgehead atoms. The minimum atomic E-state index is -0.195. The molecule has 10 heavy (non-hydrogen) atoms. The molecule has 0 aromatic carbocycles. The van der Waals surface area contributed by atoms with Gasteiger partial charge in [0, 0.05) is 7.05 Å². The van der Waals surface area contributed by atoms with Gasteiger partial charge in [-0.3, -0.25) is 0 Å². The Bertz CT molecular complexity index is 147. The quantitative estimate of drug-likeness (QED) is 0.552. The van der Waals surface area contributed by atoms with Gasteiger partial charge in [0.2, 0.25) is 0 Å². The van der Waals surface area contributed by atoms with E-state index in [-0.39, 0.29) is 18.2 Å². The Kier molecular flexibility index (Phi) is 1.83. The first-order chi connectivity index (χ1) is 4.66. The molecule has 1 fully saturated rings. The molecule has 0 spiro atoms. The van der Waals surface area contributed by atoms with Gasteiger partial charge in [-0.25, -0.2) is 4.79 Å². The Morgan fingerprint density at radius 1 is 1.70 bits per heavy atom. The Balaban J connectivity index is 2.64. The van der Waals surface area contributed by atoms with Crippen molar-refractivity contribution in [3.8, 4) is 0 Å². The number of carbonyl (C=O) groups is 1. The predicted molar refractivity (Wildman–Crippen MR) is 37.8 cm³/mol. The summed E-state index contributed by atoms with van der Waals surface area (Å²) in [5.41, 5.74) is 0. The molecule has 58 valence electrons. The number of hydrogen-bond donors (Lipinski definition) is 0. The van der Waals surface area contributed by atoms with E-state index >= 15 is 0 Å². The maximum absolute atomic E-state index is 10.9. The molecule has 0 N–H and O–H groups in total.